The Kier molecular flexibility index (Phi) is 9.03. The quantitative estimate of drug-likeness (QED) is 0.293. The number of hydrogen-bond acceptors (Lipinski definition) is 5. The second-order valence-corrected chi connectivity index (χ2v) is 12.1. The molecule has 3 aliphatic heterocycles. The summed E-state index contributed by atoms with van der Waals surface area (Å²) in [6.07, 6.45) is 4.88. The molecule has 2 bridgehead atoms. The molecule has 0 aliphatic carbocycles. The molecule has 8 atom stereocenters. The Morgan fingerprint density at radius 3 is 2.49 bits per heavy atom. The van der Waals surface area contributed by atoms with Crippen molar-refractivity contribution in [2.75, 3.05) is 26.7 Å². The van der Waals surface area contributed by atoms with Gasteiger partial charge in [-0.15, -0.1) is 13.2 Å². The molecule has 1 aromatic carbocycles. The average Bonchev–Trinajstić information content (AvgIpc) is 3.51. The third-order valence-electron chi connectivity index (χ3n) is 8.57. The van der Waals surface area contributed by atoms with Gasteiger partial charge < -0.3 is 24.5 Å². The van der Waals surface area contributed by atoms with E-state index in [-0.39, 0.29) is 35.2 Å². The second-order valence-electron chi connectivity index (χ2n) is 10.9. The van der Waals surface area contributed by atoms with Crippen LogP contribution in [0.5, 0.6) is 0 Å². The van der Waals surface area contributed by atoms with Gasteiger partial charge in [0.25, 0.3) is 0 Å². The monoisotopic (exact) mass is 601 g/mol. The smallest absolute Gasteiger partial charge is 0.248 e. The number of likely N-dealkylation sites (tertiary alicyclic amines) is 1. The van der Waals surface area contributed by atoms with E-state index in [0.29, 0.717) is 19.5 Å². The summed E-state index contributed by atoms with van der Waals surface area (Å²) in [6, 6.07) is 7.37. The molecular weight excluding hydrogens is 562 g/mol. The van der Waals surface area contributed by atoms with Crippen molar-refractivity contribution in [3.63, 3.8) is 0 Å². The van der Waals surface area contributed by atoms with Gasteiger partial charge in [0.15, 0.2) is 0 Å². The van der Waals surface area contributed by atoms with Crippen LogP contribution in [0.2, 0.25) is 0 Å². The zero-order valence-corrected chi connectivity index (χ0v) is 24.6. The maximum absolute atomic E-state index is 14.6. The van der Waals surface area contributed by atoms with E-state index in [2.05, 4.69) is 36.0 Å². The first-order valence-corrected chi connectivity index (χ1v) is 14.7. The molecule has 212 valence electrons. The Morgan fingerprint density at radius 2 is 1.90 bits per heavy atom. The van der Waals surface area contributed by atoms with Gasteiger partial charge in [0, 0.05) is 31.0 Å². The maximum Gasteiger partial charge on any atom is 0.248 e. The number of likely N-dealkylation sites (N-methyl/N-ethyl adjacent to an activating group) is 1. The van der Waals surface area contributed by atoms with Crippen LogP contribution >= 0.6 is 15.9 Å². The second kappa shape index (κ2) is 11.9. The predicted octanol–water partition coefficient (Wildman–Crippen LogP) is 3.32. The fourth-order valence-electron chi connectivity index (χ4n) is 6.89. The molecule has 3 heterocycles. The normalized spacial score (nSPS) is 30.5. The highest BCUT2D eigenvalue weighted by Gasteiger charge is 2.77. The number of hydrogen-bond donors (Lipinski definition) is 1. The van der Waals surface area contributed by atoms with E-state index >= 15 is 0 Å². The lowest BCUT2D eigenvalue weighted by Crippen LogP contribution is -2.59. The fraction of sp³-hybridized carbons (Fsp3) is 0.567. The number of aliphatic hydroxyl groups is 1. The number of nitrogens with zero attached hydrogens (tertiary/aromatic N) is 3. The highest BCUT2D eigenvalue weighted by atomic mass is 79.9. The first-order chi connectivity index (χ1) is 18.7. The molecule has 4 unspecified atom stereocenters. The highest BCUT2D eigenvalue weighted by molar-refractivity contribution is 9.09. The van der Waals surface area contributed by atoms with Crippen molar-refractivity contribution in [1.29, 1.82) is 0 Å². The summed E-state index contributed by atoms with van der Waals surface area (Å²) in [5.74, 6) is -2.37. The van der Waals surface area contributed by atoms with Crippen molar-refractivity contribution in [2.24, 2.45) is 11.8 Å². The van der Waals surface area contributed by atoms with Crippen LogP contribution in [0, 0.1) is 11.8 Å². The number of amides is 3. The summed E-state index contributed by atoms with van der Waals surface area (Å²) >= 11 is 3.72. The molecular formula is C30H40BrN3O5. The minimum absolute atomic E-state index is 0.0910. The molecule has 3 aliphatic rings. The minimum atomic E-state index is -1.20. The van der Waals surface area contributed by atoms with Gasteiger partial charge in [-0.1, -0.05) is 71.8 Å². The molecule has 1 N–H and O–H groups in total. The number of ether oxygens (including phenoxy) is 1. The summed E-state index contributed by atoms with van der Waals surface area (Å²) in [7, 11) is 1.69. The summed E-state index contributed by atoms with van der Waals surface area (Å²) < 4.78 is 6.65. The van der Waals surface area contributed by atoms with E-state index < -0.39 is 35.6 Å². The molecule has 8 nitrogen and oxygen atoms in total. The number of rotatable bonds is 12. The molecule has 39 heavy (non-hydrogen) atoms. The van der Waals surface area contributed by atoms with Gasteiger partial charge in [0.05, 0.1) is 30.6 Å². The van der Waals surface area contributed by atoms with E-state index in [9.17, 15) is 19.5 Å². The van der Waals surface area contributed by atoms with E-state index in [1.54, 1.807) is 29.0 Å². The van der Waals surface area contributed by atoms with Gasteiger partial charge in [-0.3, -0.25) is 14.4 Å². The molecule has 1 spiro atoms. The summed E-state index contributed by atoms with van der Waals surface area (Å²) in [4.78, 5) is 47.4. The van der Waals surface area contributed by atoms with Gasteiger partial charge >= 0.3 is 0 Å². The lowest BCUT2D eigenvalue weighted by molar-refractivity contribution is -0.153. The fourth-order valence-corrected chi connectivity index (χ4v) is 7.83. The number of benzene rings is 1. The lowest BCUT2D eigenvalue weighted by Gasteiger charge is -2.41. The Hall–Kier alpha value is -2.49. The zero-order chi connectivity index (χ0) is 28.5. The van der Waals surface area contributed by atoms with E-state index in [1.165, 1.54) is 4.90 Å². The number of carbonyl (C=O) groups excluding carboxylic acids is 3. The van der Waals surface area contributed by atoms with Crippen LogP contribution in [0.3, 0.4) is 0 Å². The van der Waals surface area contributed by atoms with Crippen molar-refractivity contribution >= 4 is 33.7 Å². The number of aliphatic hydroxyl groups excluding tert-OH is 1. The first kappa shape index (κ1) is 29.5. The zero-order valence-electron chi connectivity index (χ0n) is 23.0. The van der Waals surface area contributed by atoms with Crippen LogP contribution < -0.4 is 0 Å². The lowest BCUT2D eigenvalue weighted by atomic mass is 9.70. The molecule has 3 saturated heterocycles. The highest BCUT2D eigenvalue weighted by Crippen LogP contribution is 2.61. The molecule has 1 aromatic rings. The van der Waals surface area contributed by atoms with E-state index in [4.69, 9.17) is 4.74 Å². The SMILES string of the molecule is C=CCN(C)C(=O)[C@H]1[C@@H]2OC3(CC2Br)C(C(=O)N(CC=C)C(C)CCC)N([C@H](CO)c2ccccc2)C(=O)[C@H]13. The number of fused-ring (bicyclic) bond motifs is 1. The molecule has 0 saturated carbocycles. The minimum Gasteiger partial charge on any atom is -0.394 e. The summed E-state index contributed by atoms with van der Waals surface area (Å²) in [5.41, 5.74) is -0.480. The Bertz CT molecular complexity index is 1100. The van der Waals surface area contributed by atoms with Crippen LogP contribution in [0.1, 0.15) is 44.7 Å². The van der Waals surface area contributed by atoms with Crippen LogP contribution in [0.15, 0.2) is 55.6 Å². The molecule has 9 heteroatoms. The van der Waals surface area contributed by atoms with Crippen molar-refractivity contribution in [3.05, 3.63) is 61.2 Å². The number of carbonyl (C=O) groups is 3. The Labute approximate surface area is 239 Å². The van der Waals surface area contributed by atoms with Gasteiger partial charge in [0.1, 0.15) is 11.6 Å². The number of alkyl halides is 1. The molecule has 3 amide bonds. The average molecular weight is 603 g/mol. The largest absolute Gasteiger partial charge is 0.394 e. The van der Waals surface area contributed by atoms with E-state index in [1.807, 2.05) is 37.3 Å². The molecule has 3 fully saturated rings. The van der Waals surface area contributed by atoms with Crippen LogP contribution in [-0.4, -0.2) is 92.9 Å². The molecule has 4 rings (SSSR count). The van der Waals surface area contributed by atoms with Crippen molar-refractivity contribution < 1.29 is 24.2 Å². The third-order valence-corrected chi connectivity index (χ3v) is 9.41. The Morgan fingerprint density at radius 1 is 1.23 bits per heavy atom. The summed E-state index contributed by atoms with van der Waals surface area (Å²) in [5, 5.41) is 10.6. The predicted molar refractivity (Wildman–Crippen MR) is 153 cm³/mol. The van der Waals surface area contributed by atoms with Gasteiger partial charge in [-0.2, -0.15) is 0 Å². The Balaban J connectivity index is 1.87. The van der Waals surface area contributed by atoms with E-state index in [0.717, 1.165) is 18.4 Å². The standard InChI is InChI=1S/C30H40BrN3O5/c1-6-12-19(4)33(16-8-3)29(38)26-30-17-21(31)25(39-30)23(27(36)32(5)15-7-2)24(30)28(37)34(26)22(18-35)20-13-10-9-11-14-20/h7-11,13-14,19,21-26,35H,2-3,6,12,15-18H2,1,4-5H3/t19?,21?,22-,23-,24+,25-,26?,30?/m1/s1. The molecule has 0 aromatic heterocycles. The van der Waals surface area contributed by atoms with Gasteiger partial charge in [-0.05, 0) is 25.3 Å². The van der Waals surface area contributed by atoms with Crippen LogP contribution in [-0.2, 0) is 19.1 Å². The maximum atomic E-state index is 14.6. The van der Waals surface area contributed by atoms with Gasteiger partial charge in [-0.25, -0.2) is 0 Å². The number of halogens is 1. The topological polar surface area (TPSA) is 90.4 Å². The van der Waals surface area contributed by atoms with Crippen molar-refractivity contribution in [3.8, 4) is 0 Å². The summed E-state index contributed by atoms with van der Waals surface area (Å²) in [6.45, 7) is 12.0. The van der Waals surface area contributed by atoms with Gasteiger partial charge in [0.2, 0.25) is 17.7 Å². The first-order valence-electron chi connectivity index (χ1n) is 13.8. The third kappa shape index (κ3) is 4.87. The van der Waals surface area contributed by atoms with Crippen molar-refractivity contribution in [1.82, 2.24) is 14.7 Å². The van der Waals surface area contributed by atoms with Crippen LogP contribution in [0.25, 0.3) is 0 Å². The van der Waals surface area contributed by atoms with Crippen molar-refractivity contribution in [2.45, 2.75) is 67.8 Å². The molecule has 0 radical (unpaired) electrons. The van der Waals surface area contributed by atoms with Crippen LogP contribution in [0.4, 0.5) is 0 Å².